The van der Waals surface area contributed by atoms with Crippen molar-refractivity contribution in [2.24, 2.45) is 7.05 Å². The minimum absolute atomic E-state index is 0.477. The Morgan fingerprint density at radius 2 is 2.00 bits per heavy atom. The van der Waals surface area contributed by atoms with E-state index >= 15 is 0 Å². The Labute approximate surface area is 137 Å². The Bertz CT molecular complexity index is 596. The summed E-state index contributed by atoms with van der Waals surface area (Å²) in [4.78, 5) is 0. The van der Waals surface area contributed by atoms with Gasteiger partial charge >= 0.3 is 0 Å². The van der Waals surface area contributed by atoms with Crippen LogP contribution in [-0.4, -0.2) is 9.78 Å². The third kappa shape index (κ3) is 3.41. The molecule has 0 saturated heterocycles. The maximum absolute atomic E-state index is 5.84. The van der Waals surface area contributed by atoms with Crippen LogP contribution in [0.25, 0.3) is 0 Å². The zero-order valence-electron chi connectivity index (χ0n) is 10.6. The lowest BCUT2D eigenvalue weighted by molar-refractivity contribution is 0.292. The number of halogens is 3. The molecule has 0 saturated carbocycles. The molecule has 6 heteroatoms. The summed E-state index contributed by atoms with van der Waals surface area (Å²) in [6.45, 7) is 2.56. The third-order valence-corrected chi connectivity index (χ3v) is 4.79. The topological polar surface area (TPSA) is 27.1 Å². The summed E-state index contributed by atoms with van der Waals surface area (Å²) in [6, 6.07) is 5.85. The number of aromatic nitrogens is 2. The third-order valence-electron chi connectivity index (χ3n) is 2.76. The lowest BCUT2D eigenvalue weighted by atomic mass is 10.3. The molecule has 0 bridgehead atoms. The fraction of sp³-hybridized carbons (Fsp3) is 0.308. The van der Waals surface area contributed by atoms with Crippen LogP contribution < -0.4 is 4.74 Å². The average Bonchev–Trinajstić information content (AvgIpc) is 2.64. The second kappa shape index (κ2) is 6.41. The van der Waals surface area contributed by atoms with E-state index in [4.69, 9.17) is 4.74 Å². The smallest absolute Gasteiger partial charge is 0.134 e. The quantitative estimate of drug-likeness (QED) is 0.663. The zero-order valence-corrected chi connectivity index (χ0v) is 15.3. The maximum Gasteiger partial charge on any atom is 0.134 e. The highest BCUT2D eigenvalue weighted by Gasteiger charge is 2.13. The number of hydrogen-bond acceptors (Lipinski definition) is 2. The average molecular weight is 453 g/mol. The summed E-state index contributed by atoms with van der Waals surface area (Å²) in [5.74, 6) is 0.814. The Kier molecular flexibility index (Phi) is 5.09. The predicted octanol–water partition coefficient (Wildman–Crippen LogP) is 4.85. The number of ether oxygens (including phenoxy) is 1. The second-order valence-corrected chi connectivity index (χ2v) is 6.61. The SMILES string of the molecule is CCc1nn(C)c(COc2ccc(Br)cc2Br)c1Br. The highest BCUT2D eigenvalue weighted by atomic mass is 79.9. The molecule has 0 aliphatic heterocycles. The molecular weight excluding hydrogens is 440 g/mol. The maximum atomic E-state index is 5.84. The summed E-state index contributed by atoms with van der Waals surface area (Å²) in [6.07, 6.45) is 0.899. The van der Waals surface area contributed by atoms with Crippen LogP contribution in [-0.2, 0) is 20.1 Å². The fourth-order valence-electron chi connectivity index (χ4n) is 1.72. The van der Waals surface area contributed by atoms with Crippen molar-refractivity contribution in [2.45, 2.75) is 20.0 Å². The Balaban J connectivity index is 2.16. The van der Waals surface area contributed by atoms with Gasteiger partial charge in [0.15, 0.2) is 0 Å². The zero-order chi connectivity index (χ0) is 14.0. The molecule has 0 aliphatic carbocycles. The van der Waals surface area contributed by atoms with E-state index in [0.29, 0.717) is 6.61 Å². The lowest BCUT2D eigenvalue weighted by Gasteiger charge is -2.09. The number of nitrogens with zero attached hydrogens (tertiary/aromatic N) is 2. The van der Waals surface area contributed by atoms with E-state index in [0.717, 1.165) is 37.0 Å². The van der Waals surface area contributed by atoms with Crippen LogP contribution in [0.3, 0.4) is 0 Å². The molecule has 3 nitrogen and oxygen atoms in total. The second-order valence-electron chi connectivity index (χ2n) is 4.05. The van der Waals surface area contributed by atoms with Crippen molar-refractivity contribution in [3.63, 3.8) is 0 Å². The Morgan fingerprint density at radius 3 is 2.58 bits per heavy atom. The van der Waals surface area contributed by atoms with Gasteiger partial charge in [-0.2, -0.15) is 5.10 Å². The first-order valence-electron chi connectivity index (χ1n) is 5.81. The van der Waals surface area contributed by atoms with Gasteiger partial charge in [-0.15, -0.1) is 0 Å². The van der Waals surface area contributed by atoms with Crippen LogP contribution >= 0.6 is 47.8 Å². The minimum atomic E-state index is 0.477. The van der Waals surface area contributed by atoms with Gasteiger partial charge in [0.25, 0.3) is 0 Å². The largest absolute Gasteiger partial charge is 0.486 e. The van der Waals surface area contributed by atoms with Crippen molar-refractivity contribution in [1.29, 1.82) is 0 Å². The number of benzene rings is 1. The van der Waals surface area contributed by atoms with E-state index in [-0.39, 0.29) is 0 Å². The number of hydrogen-bond donors (Lipinski definition) is 0. The van der Waals surface area contributed by atoms with Gasteiger partial charge in [0.1, 0.15) is 12.4 Å². The molecule has 19 heavy (non-hydrogen) atoms. The van der Waals surface area contributed by atoms with Gasteiger partial charge in [-0.3, -0.25) is 4.68 Å². The molecule has 0 atom stereocenters. The molecule has 0 N–H and O–H groups in total. The van der Waals surface area contributed by atoms with Crippen LogP contribution in [0, 0.1) is 0 Å². The number of aryl methyl sites for hydroxylation is 2. The molecule has 102 valence electrons. The molecule has 0 spiro atoms. The first-order chi connectivity index (χ1) is 9.02. The standard InChI is InChI=1S/C13H13Br3N2O/c1-3-10-13(16)11(18(2)17-10)7-19-12-5-4-8(14)6-9(12)15/h4-6H,3,7H2,1-2H3. The summed E-state index contributed by atoms with van der Waals surface area (Å²) in [5.41, 5.74) is 2.09. The lowest BCUT2D eigenvalue weighted by Crippen LogP contribution is -2.04. The molecule has 1 aromatic carbocycles. The molecular formula is C13H13Br3N2O. The molecule has 1 aromatic heterocycles. The van der Waals surface area contributed by atoms with Crippen LogP contribution in [0.1, 0.15) is 18.3 Å². The summed E-state index contributed by atoms with van der Waals surface area (Å²) >= 11 is 10.5. The molecule has 1 heterocycles. The van der Waals surface area contributed by atoms with Gasteiger partial charge in [-0.1, -0.05) is 22.9 Å². The van der Waals surface area contributed by atoms with Crippen LogP contribution in [0.15, 0.2) is 31.6 Å². The number of rotatable bonds is 4. The van der Waals surface area contributed by atoms with Gasteiger partial charge in [-0.25, -0.2) is 0 Å². The predicted molar refractivity (Wildman–Crippen MR) is 86.5 cm³/mol. The van der Waals surface area contributed by atoms with Gasteiger partial charge in [-0.05, 0) is 56.5 Å². The van der Waals surface area contributed by atoms with Crippen molar-refractivity contribution >= 4 is 47.8 Å². The minimum Gasteiger partial charge on any atom is -0.486 e. The monoisotopic (exact) mass is 450 g/mol. The van der Waals surface area contributed by atoms with E-state index in [1.54, 1.807) is 0 Å². The Hall–Kier alpha value is -0.330. The van der Waals surface area contributed by atoms with E-state index < -0.39 is 0 Å². The normalized spacial score (nSPS) is 10.8. The van der Waals surface area contributed by atoms with Crippen LogP contribution in [0.4, 0.5) is 0 Å². The fourth-order valence-corrected chi connectivity index (χ4v) is 3.61. The van der Waals surface area contributed by atoms with Gasteiger partial charge in [0, 0.05) is 11.5 Å². The molecule has 0 radical (unpaired) electrons. The highest BCUT2D eigenvalue weighted by molar-refractivity contribution is 9.11. The summed E-state index contributed by atoms with van der Waals surface area (Å²) < 4.78 is 10.7. The van der Waals surface area contributed by atoms with Crippen LogP contribution in [0.5, 0.6) is 5.75 Å². The van der Waals surface area contributed by atoms with E-state index in [2.05, 4.69) is 59.8 Å². The molecule has 0 unspecified atom stereocenters. The first kappa shape index (κ1) is 15.1. The highest BCUT2D eigenvalue weighted by Crippen LogP contribution is 2.30. The summed E-state index contributed by atoms with van der Waals surface area (Å²) in [5, 5.41) is 4.45. The van der Waals surface area contributed by atoms with E-state index in [9.17, 15) is 0 Å². The van der Waals surface area contributed by atoms with Crippen molar-refractivity contribution in [3.8, 4) is 5.75 Å². The van der Waals surface area contributed by atoms with Crippen molar-refractivity contribution in [1.82, 2.24) is 9.78 Å². The van der Waals surface area contributed by atoms with Crippen molar-refractivity contribution < 1.29 is 4.74 Å². The van der Waals surface area contributed by atoms with Crippen molar-refractivity contribution in [2.75, 3.05) is 0 Å². The van der Waals surface area contributed by atoms with Gasteiger partial charge < -0.3 is 4.74 Å². The van der Waals surface area contributed by atoms with E-state index in [1.807, 2.05) is 29.9 Å². The van der Waals surface area contributed by atoms with Gasteiger partial charge in [0.05, 0.1) is 20.3 Å². The summed E-state index contributed by atoms with van der Waals surface area (Å²) in [7, 11) is 1.93. The molecule has 2 aromatic rings. The molecule has 0 amide bonds. The van der Waals surface area contributed by atoms with Gasteiger partial charge in [0.2, 0.25) is 0 Å². The van der Waals surface area contributed by atoms with Crippen LogP contribution in [0.2, 0.25) is 0 Å². The molecule has 2 rings (SSSR count). The Morgan fingerprint density at radius 1 is 1.26 bits per heavy atom. The molecule has 0 fully saturated rings. The van der Waals surface area contributed by atoms with E-state index in [1.165, 1.54) is 0 Å². The first-order valence-corrected chi connectivity index (χ1v) is 8.19. The van der Waals surface area contributed by atoms with Crippen molar-refractivity contribution in [3.05, 3.63) is 43.0 Å². The molecule has 0 aliphatic rings.